The molecule has 1 N–H and O–H groups in total. The lowest BCUT2D eigenvalue weighted by Gasteiger charge is -2.15. The summed E-state index contributed by atoms with van der Waals surface area (Å²) in [5.41, 5.74) is 2.77. The second-order valence-corrected chi connectivity index (χ2v) is 3.52. The molecule has 0 saturated heterocycles. The van der Waals surface area contributed by atoms with Gasteiger partial charge in [0, 0.05) is 24.0 Å². The Bertz CT molecular complexity index is 134. The molecule has 0 aliphatic rings. The molecular formula is C9H17Cl2N. The van der Waals surface area contributed by atoms with Gasteiger partial charge in [-0.2, -0.15) is 0 Å². The number of alkyl halides is 1. The molecule has 0 heterocycles. The van der Waals surface area contributed by atoms with Crippen molar-refractivity contribution >= 4 is 23.2 Å². The van der Waals surface area contributed by atoms with Crippen LogP contribution in [0.5, 0.6) is 0 Å². The lowest BCUT2D eigenvalue weighted by atomic mass is 10.1. The largest absolute Gasteiger partial charge is 0.310 e. The third-order valence-corrected chi connectivity index (χ3v) is 2.40. The maximum Gasteiger partial charge on any atom is 0.0238 e. The van der Waals surface area contributed by atoms with E-state index >= 15 is 0 Å². The van der Waals surface area contributed by atoms with Crippen LogP contribution in [0.1, 0.15) is 26.7 Å². The molecular weight excluding hydrogens is 193 g/mol. The van der Waals surface area contributed by atoms with Crippen LogP contribution >= 0.6 is 23.2 Å². The Morgan fingerprint density at radius 2 is 2.25 bits per heavy atom. The van der Waals surface area contributed by atoms with Gasteiger partial charge in [0.25, 0.3) is 0 Å². The van der Waals surface area contributed by atoms with Crippen LogP contribution in [0.15, 0.2) is 11.1 Å². The molecule has 0 aliphatic heterocycles. The summed E-state index contributed by atoms with van der Waals surface area (Å²) < 4.78 is 0. The zero-order valence-corrected chi connectivity index (χ0v) is 9.25. The SMILES string of the molecule is CCC(CCCl)NCC(C)=CCl. The molecule has 0 amide bonds. The van der Waals surface area contributed by atoms with Gasteiger partial charge in [-0.15, -0.1) is 11.6 Å². The smallest absolute Gasteiger partial charge is 0.0238 e. The number of halogens is 2. The monoisotopic (exact) mass is 209 g/mol. The Kier molecular flexibility index (Phi) is 8.09. The summed E-state index contributed by atoms with van der Waals surface area (Å²) in [4.78, 5) is 0. The Morgan fingerprint density at radius 3 is 2.67 bits per heavy atom. The topological polar surface area (TPSA) is 12.0 Å². The van der Waals surface area contributed by atoms with E-state index in [0.717, 1.165) is 30.8 Å². The average molecular weight is 210 g/mol. The lowest BCUT2D eigenvalue weighted by Crippen LogP contribution is -2.30. The zero-order chi connectivity index (χ0) is 9.40. The highest BCUT2D eigenvalue weighted by Crippen LogP contribution is 2.01. The predicted octanol–water partition coefficient (Wildman–Crippen LogP) is 3.13. The van der Waals surface area contributed by atoms with Crippen molar-refractivity contribution in [2.75, 3.05) is 12.4 Å². The molecule has 12 heavy (non-hydrogen) atoms. The zero-order valence-electron chi connectivity index (χ0n) is 7.74. The van der Waals surface area contributed by atoms with E-state index in [0.29, 0.717) is 6.04 Å². The summed E-state index contributed by atoms with van der Waals surface area (Å²) in [7, 11) is 0. The second kappa shape index (κ2) is 7.90. The highest BCUT2D eigenvalue weighted by molar-refractivity contribution is 6.25. The fraction of sp³-hybridized carbons (Fsp3) is 0.778. The average Bonchev–Trinajstić information content (AvgIpc) is 2.11. The van der Waals surface area contributed by atoms with Crippen molar-refractivity contribution < 1.29 is 0 Å². The molecule has 0 bridgehead atoms. The molecule has 0 aromatic carbocycles. The minimum absolute atomic E-state index is 0.522. The quantitative estimate of drug-likeness (QED) is 0.664. The van der Waals surface area contributed by atoms with Crippen LogP contribution in [-0.4, -0.2) is 18.5 Å². The molecule has 0 aromatic heterocycles. The molecule has 0 aromatic rings. The fourth-order valence-corrected chi connectivity index (χ4v) is 1.27. The number of nitrogens with one attached hydrogen (secondary N) is 1. The van der Waals surface area contributed by atoms with Crippen LogP contribution < -0.4 is 5.32 Å². The van der Waals surface area contributed by atoms with Crippen molar-refractivity contribution in [1.82, 2.24) is 5.32 Å². The fourth-order valence-electron chi connectivity index (χ4n) is 0.926. The first kappa shape index (κ1) is 12.3. The molecule has 3 heteroatoms. The van der Waals surface area contributed by atoms with E-state index in [1.165, 1.54) is 0 Å². The van der Waals surface area contributed by atoms with E-state index in [1.54, 1.807) is 5.54 Å². The van der Waals surface area contributed by atoms with Gasteiger partial charge >= 0.3 is 0 Å². The first-order valence-corrected chi connectivity index (χ1v) is 5.26. The molecule has 0 fully saturated rings. The van der Waals surface area contributed by atoms with E-state index in [2.05, 4.69) is 12.2 Å². The van der Waals surface area contributed by atoms with Crippen LogP contribution in [0.2, 0.25) is 0 Å². The van der Waals surface area contributed by atoms with Crippen molar-refractivity contribution in [1.29, 1.82) is 0 Å². The molecule has 0 saturated carbocycles. The first-order chi connectivity index (χ1) is 5.74. The van der Waals surface area contributed by atoms with Gasteiger partial charge in [-0.25, -0.2) is 0 Å². The maximum atomic E-state index is 5.64. The minimum atomic E-state index is 0.522. The summed E-state index contributed by atoms with van der Waals surface area (Å²) in [6.45, 7) is 5.02. The number of rotatable bonds is 6. The molecule has 1 atom stereocenters. The molecule has 1 unspecified atom stereocenters. The van der Waals surface area contributed by atoms with Gasteiger partial charge < -0.3 is 5.32 Å². The van der Waals surface area contributed by atoms with Gasteiger partial charge in [0.15, 0.2) is 0 Å². The van der Waals surface area contributed by atoms with E-state index in [9.17, 15) is 0 Å². The van der Waals surface area contributed by atoms with Gasteiger partial charge in [-0.1, -0.05) is 18.5 Å². The van der Waals surface area contributed by atoms with Crippen molar-refractivity contribution in [2.45, 2.75) is 32.7 Å². The van der Waals surface area contributed by atoms with Gasteiger partial charge in [-0.3, -0.25) is 0 Å². The van der Waals surface area contributed by atoms with Crippen LogP contribution in [0.25, 0.3) is 0 Å². The van der Waals surface area contributed by atoms with Crippen LogP contribution in [-0.2, 0) is 0 Å². The third kappa shape index (κ3) is 5.87. The summed E-state index contributed by atoms with van der Waals surface area (Å²) in [5, 5.41) is 3.38. The van der Waals surface area contributed by atoms with Crippen LogP contribution in [0.3, 0.4) is 0 Å². The van der Waals surface area contributed by atoms with Gasteiger partial charge in [0.2, 0.25) is 0 Å². The van der Waals surface area contributed by atoms with Crippen molar-refractivity contribution in [3.05, 3.63) is 11.1 Å². The number of hydrogen-bond acceptors (Lipinski definition) is 1. The van der Waals surface area contributed by atoms with E-state index in [4.69, 9.17) is 23.2 Å². The highest BCUT2D eigenvalue weighted by Gasteiger charge is 2.03. The first-order valence-electron chi connectivity index (χ1n) is 4.29. The summed E-state index contributed by atoms with van der Waals surface area (Å²) >= 11 is 11.2. The molecule has 0 spiro atoms. The standard InChI is InChI=1S/C9H17Cl2N/c1-3-9(4-5-10)12-7-8(2)6-11/h6,9,12H,3-5,7H2,1-2H3. The van der Waals surface area contributed by atoms with Crippen molar-refractivity contribution in [3.8, 4) is 0 Å². The Balaban J connectivity index is 3.57. The third-order valence-electron chi connectivity index (χ3n) is 1.81. The van der Waals surface area contributed by atoms with Gasteiger partial charge in [-0.05, 0) is 25.3 Å². The van der Waals surface area contributed by atoms with E-state index in [1.807, 2.05) is 6.92 Å². The normalized spacial score (nSPS) is 14.8. The van der Waals surface area contributed by atoms with E-state index < -0.39 is 0 Å². The molecule has 0 rings (SSSR count). The Morgan fingerprint density at radius 1 is 1.58 bits per heavy atom. The summed E-state index contributed by atoms with van der Waals surface area (Å²) in [5.74, 6) is 0.717. The van der Waals surface area contributed by atoms with E-state index in [-0.39, 0.29) is 0 Å². The Hall–Kier alpha value is 0.280. The summed E-state index contributed by atoms with van der Waals surface area (Å²) in [6.07, 6.45) is 2.13. The van der Waals surface area contributed by atoms with Crippen LogP contribution in [0, 0.1) is 0 Å². The molecule has 1 nitrogen and oxygen atoms in total. The molecule has 0 aliphatic carbocycles. The van der Waals surface area contributed by atoms with Gasteiger partial charge in [0.05, 0.1) is 0 Å². The van der Waals surface area contributed by atoms with Gasteiger partial charge in [0.1, 0.15) is 0 Å². The lowest BCUT2D eigenvalue weighted by molar-refractivity contribution is 0.507. The highest BCUT2D eigenvalue weighted by atomic mass is 35.5. The number of hydrogen-bond donors (Lipinski definition) is 1. The second-order valence-electron chi connectivity index (χ2n) is 2.92. The molecule has 72 valence electrons. The summed E-state index contributed by atoms with van der Waals surface area (Å²) in [6, 6.07) is 0.522. The van der Waals surface area contributed by atoms with Crippen molar-refractivity contribution in [3.63, 3.8) is 0 Å². The maximum absolute atomic E-state index is 5.64. The Labute approximate surface area is 85.1 Å². The van der Waals surface area contributed by atoms with Crippen LogP contribution in [0.4, 0.5) is 0 Å². The minimum Gasteiger partial charge on any atom is -0.310 e. The molecule has 0 radical (unpaired) electrons. The predicted molar refractivity (Wildman–Crippen MR) is 57.0 cm³/mol. The van der Waals surface area contributed by atoms with Crippen molar-refractivity contribution in [2.24, 2.45) is 0 Å².